The first kappa shape index (κ1) is 35.9. The van der Waals surface area contributed by atoms with Crippen molar-refractivity contribution in [3.8, 4) is 73.2 Å². The minimum atomic E-state index is 0.622. The zero-order valence-electron chi connectivity index (χ0n) is 33.5. The molecule has 5 heteroatoms. The summed E-state index contributed by atoms with van der Waals surface area (Å²) in [7, 11) is 0. The third kappa shape index (κ3) is 6.26. The first-order valence-corrected chi connectivity index (χ1v) is 21.7. The van der Waals surface area contributed by atoms with E-state index < -0.39 is 0 Å². The average molecular weight is 809 g/mol. The van der Waals surface area contributed by atoms with Crippen LogP contribution in [0.5, 0.6) is 0 Å². The summed E-state index contributed by atoms with van der Waals surface area (Å²) in [5.41, 5.74) is 13.1. The van der Waals surface area contributed by atoms with Crippen molar-refractivity contribution in [3.05, 3.63) is 218 Å². The largest absolute Gasteiger partial charge is 0.309 e. The molecule has 0 aliphatic heterocycles. The lowest BCUT2D eigenvalue weighted by atomic mass is 9.96. The first-order chi connectivity index (χ1) is 30.7. The van der Waals surface area contributed by atoms with E-state index in [9.17, 15) is 0 Å². The second kappa shape index (κ2) is 14.9. The number of hydrogen-bond acceptors (Lipinski definition) is 4. The van der Waals surface area contributed by atoms with Gasteiger partial charge in [-0.25, -0.2) is 15.0 Å². The van der Waals surface area contributed by atoms with Crippen LogP contribution in [0.25, 0.3) is 115 Å². The molecule has 9 aromatic carbocycles. The SMILES string of the molecule is c1ccc(-c2ccc(-c3nc(-c4ccccc4)nc(-c4cccc(-c5cc(-c6ccccc6)cc(-n6c7ccccc7c7ccc8sc9ccccc9c8c76)c5)c4)n3)cc2)cc1. The molecule has 0 spiro atoms. The molecular formula is C57H36N4S. The first-order valence-electron chi connectivity index (χ1n) is 20.8. The van der Waals surface area contributed by atoms with Gasteiger partial charge in [0.1, 0.15) is 0 Å². The van der Waals surface area contributed by atoms with Gasteiger partial charge in [0.15, 0.2) is 17.5 Å². The Kier molecular flexibility index (Phi) is 8.65. The fourth-order valence-corrected chi connectivity index (χ4v) is 9.98. The van der Waals surface area contributed by atoms with Gasteiger partial charge in [-0.3, -0.25) is 0 Å². The molecule has 0 saturated heterocycles. The third-order valence-electron chi connectivity index (χ3n) is 11.8. The second-order valence-electron chi connectivity index (χ2n) is 15.6. The number of aromatic nitrogens is 4. The zero-order chi connectivity index (χ0) is 41.0. The molecule has 0 bridgehead atoms. The van der Waals surface area contributed by atoms with Crippen molar-refractivity contribution in [1.82, 2.24) is 19.5 Å². The van der Waals surface area contributed by atoms with Gasteiger partial charge in [-0.15, -0.1) is 11.3 Å². The number of rotatable bonds is 7. The lowest BCUT2D eigenvalue weighted by molar-refractivity contribution is 1.07. The summed E-state index contributed by atoms with van der Waals surface area (Å²) >= 11 is 1.86. The maximum Gasteiger partial charge on any atom is 0.164 e. The summed E-state index contributed by atoms with van der Waals surface area (Å²) in [6, 6.07) is 77.6. The van der Waals surface area contributed by atoms with E-state index in [0.29, 0.717) is 17.5 Å². The van der Waals surface area contributed by atoms with Gasteiger partial charge < -0.3 is 4.57 Å². The van der Waals surface area contributed by atoms with Crippen LogP contribution < -0.4 is 0 Å². The van der Waals surface area contributed by atoms with Crippen LogP contribution in [0.3, 0.4) is 0 Å². The molecule has 0 saturated carbocycles. The van der Waals surface area contributed by atoms with E-state index >= 15 is 0 Å². The standard InChI is InChI=1S/C57H36N4S/c1-4-15-37(16-5-1)39-27-29-41(30-28-39)56-58-55(40-19-8-3-9-20-40)59-57(60-56)43-22-14-21-42(33-43)45-34-44(38-17-6-2-7-18-38)35-46(36-45)61-50-25-12-10-23-47(50)48-31-32-52-53(54(48)61)49-24-11-13-26-51(49)62-52/h1-36H. The van der Waals surface area contributed by atoms with E-state index in [1.54, 1.807) is 0 Å². The molecule has 0 N–H and O–H groups in total. The summed E-state index contributed by atoms with van der Waals surface area (Å²) in [5, 5.41) is 5.07. The summed E-state index contributed by atoms with van der Waals surface area (Å²) in [5.74, 6) is 1.89. The summed E-state index contributed by atoms with van der Waals surface area (Å²) < 4.78 is 5.07. The Balaban J connectivity index is 1.05. The maximum atomic E-state index is 5.15. The average Bonchev–Trinajstić information content (AvgIpc) is 3.91. The second-order valence-corrected chi connectivity index (χ2v) is 16.7. The van der Waals surface area contributed by atoms with Crippen LogP contribution in [0.2, 0.25) is 0 Å². The molecule has 0 unspecified atom stereocenters. The summed E-state index contributed by atoms with van der Waals surface area (Å²) in [6.07, 6.45) is 0. The quantitative estimate of drug-likeness (QED) is 0.161. The monoisotopic (exact) mass is 808 g/mol. The molecule has 12 rings (SSSR count). The van der Waals surface area contributed by atoms with Gasteiger partial charge in [0.25, 0.3) is 0 Å². The van der Waals surface area contributed by atoms with Crippen LogP contribution >= 0.6 is 11.3 Å². The van der Waals surface area contributed by atoms with Crippen molar-refractivity contribution in [2.24, 2.45) is 0 Å². The molecule has 0 amide bonds. The van der Waals surface area contributed by atoms with Gasteiger partial charge >= 0.3 is 0 Å². The molecule has 62 heavy (non-hydrogen) atoms. The fraction of sp³-hybridized carbons (Fsp3) is 0. The number of nitrogens with zero attached hydrogens (tertiary/aromatic N) is 4. The van der Waals surface area contributed by atoms with Crippen LogP contribution in [0.15, 0.2) is 218 Å². The van der Waals surface area contributed by atoms with Gasteiger partial charge in [-0.05, 0) is 75.8 Å². The van der Waals surface area contributed by atoms with Crippen LogP contribution in [0.1, 0.15) is 0 Å². The summed E-state index contributed by atoms with van der Waals surface area (Å²) in [6.45, 7) is 0. The molecule has 0 aliphatic carbocycles. The molecule has 0 aliphatic rings. The molecular weight excluding hydrogens is 773 g/mol. The molecule has 4 nitrogen and oxygen atoms in total. The Bertz CT molecular complexity index is 3610. The van der Waals surface area contributed by atoms with Gasteiger partial charge in [0.05, 0.1) is 11.0 Å². The van der Waals surface area contributed by atoms with Gasteiger partial charge in [-0.2, -0.15) is 0 Å². The Hall–Kier alpha value is -7.99. The number of para-hydroxylation sites is 1. The maximum absolute atomic E-state index is 5.15. The van der Waals surface area contributed by atoms with Crippen LogP contribution in [0.4, 0.5) is 0 Å². The number of fused-ring (bicyclic) bond motifs is 7. The fourth-order valence-electron chi connectivity index (χ4n) is 8.87. The van der Waals surface area contributed by atoms with Gasteiger partial charge in [0, 0.05) is 53.3 Å². The van der Waals surface area contributed by atoms with E-state index in [0.717, 1.165) is 50.2 Å². The topological polar surface area (TPSA) is 43.6 Å². The van der Waals surface area contributed by atoms with Crippen molar-refractivity contribution in [1.29, 1.82) is 0 Å². The highest BCUT2D eigenvalue weighted by atomic mass is 32.1. The van der Waals surface area contributed by atoms with E-state index in [1.807, 2.05) is 35.6 Å². The van der Waals surface area contributed by atoms with Crippen molar-refractivity contribution >= 4 is 53.3 Å². The Morgan fingerprint density at radius 3 is 1.50 bits per heavy atom. The van der Waals surface area contributed by atoms with E-state index in [-0.39, 0.29) is 0 Å². The smallest absolute Gasteiger partial charge is 0.164 e. The molecule has 0 atom stereocenters. The highest BCUT2D eigenvalue weighted by Crippen LogP contribution is 2.44. The normalized spacial score (nSPS) is 11.5. The highest BCUT2D eigenvalue weighted by Gasteiger charge is 2.20. The molecule has 0 radical (unpaired) electrons. The van der Waals surface area contributed by atoms with Crippen LogP contribution in [0, 0.1) is 0 Å². The van der Waals surface area contributed by atoms with Crippen molar-refractivity contribution in [3.63, 3.8) is 0 Å². The Labute approximate surface area is 362 Å². The Morgan fingerprint density at radius 1 is 0.306 bits per heavy atom. The number of thiophene rings is 1. The van der Waals surface area contributed by atoms with Crippen molar-refractivity contribution in [2.75, 3.05) is 0 Å². The minimum Gasteiger partial charge on any atom is -0.309 e. The number of benzene rings is 9. The lowest BCUT2D eigenvalue weighted by Gasteiger charge is -2.15. The van der Waals surface area contributed by atoms with E-state index in [4.69, 9.17) is 15.0 Å². The molecule has 290 valence electrons. The van der Waals surface area contributed by atoms with Crippen LogP contribution in [-0.4, -0.2) is 19.5 Å². The molecule has 12 aromatic rings. The predicted molar refractivity (Wildman–Crippen MR) is 260 cm³/mol. The third-order valence-corrected chi connectivity index (χ3v) is 13.0. The van der Waals surface area contributed by atoms with E-state index in [1.165, 1.54) is 47.5 Å². The molecule has 3 aromatic heterocycles. The van der Waals surface area contributed by atoms with Crippen molar-refractivity contribution < 1.29 is 0 Å². The number of hydrogen-bond donors (Lipinski definition) is 0. The minimum absolute atomic E-state index is 0.622. The lowest BCUT2D eigenvalue weighted by Crippen LogP contribution is -2.00. The highest BCUT2D eigenvalue weighted by molar-refractivity contribution is 7.26. The molecule has 0 fully saturated rings. The van der Waals surface area contributed by atoms with Crippen LogP contribution in [-0.2, 0) is 0 Å². The van der Waals surface area contributed by atoms with Gasteiger partial charge in [0.2, 0.25) is 0 Å². The zero-order valence-corrected chi connectivity index (χ0v) is 34.3. The molecule has 3 heterocycles. The summed E-state index contributed by atoms with van der Waals surface area (Å²) in [4.78, 5) is 15.3. The van der Waals surface area contributed by atoms with Crippen molar-refractivity contribution in [2.45, 2.75) is 0 Å². The van der Waals surface area contributed by atoms with Gasteiger partial charge in [-0.1, -0.05) is 176 Å². The van der Waals surface area contributed by atoms with E-state index in [2.05, 4.69) is 199 Å². The Morgan fingerprint density at radius 2 is 0.790 bits per heavy atom. The predicted octanol–water partition coefficient (Wildman–Crippen LogP) is 15.3.